The van der Waals surface area contributed by atoms with Crippen LogP contribution >= 0.6 is 34.8 Å². The maximum atomic E-state index is 13.2. The molecule has 8 heteroatoms. The van der Waals surface area contributed by atoms with Gasteiger partial charge >= 0.3 is 0 Å². The Morgan fingerprint density at radius 1 is 1.13 bits per heavy atom. The van der Waals surface area contributed by atoms with E-state index in [1.807, 2.05) is 31.2 Å². The summed E-state index contributed by atoms with van der Waals surface area (Å²) < 4.78 is 12.5. The summed E-state index contributed by atoms with van der Waals surface area (Å²) in [6, 6.07) is 18.3. The van der Waals surface area contributed by atoms with Crippen LogP contribution in [0.5, 0.6) is 5.75 Å². The molecule has 0 unspecified atom stereocenters. The topological polar surface area (TPSA) is 71.8 Å². The van der Waals surface area contributed by atoms with E-state index in [0.717, 1.165) is 9.13 Å². The zero-order valence-corrected chi connectivity index (χ0v) is 19.4. The minimum Gasteiger partial charge on any atom is -0.494 e. The number of anilines is 1. The number of carbonyl (C=O) groups is 2. The van der Waals surface area contributed by atoms with Crippen LogP contribution in [0.4, 0.5) is 5.69 Å². The highest BCUT2D eigenvalue weighted by Crippen LogP contribution is 2.28. The second kappa shape index (κ2) is 9.03. The van der Waals surface area contributed by atoms with Crippen molar-refractivity contribution in [2.45, 2.75) is 6.92 Å². The number of hydrogen-bond acceptors (Lipinski definition) is 5. The molecular formula is C23H17IN2O4S. The normalized spacial score (nSPS) is 15.4. The number of rotatable bonds is 5. The summed E-state index contributed by atoms with van der Waals surface area (Å²) >= 11 is 7.48. The first-order valence-electron chi connectivity index (χ1n) is 9.46. The lowest BCUT2D eigenvalue weighted by Crippen LogP contribution is -2.54. The van der Waals surface area contributed by atoms with Crippen molar-refractivity contribution in [1.82, 2.24) is 5.32 Å². The monoisotopic (exact) mass is 544 g/mol. The highest BCUT2D eigenvalue weighted by Gasteiger charge is 2.35. The first-order valence-corrected chi connectivity index (χ1v) is 10.9. The maximum Gasteiger partial charge on any atom is 0.270 e. The number of thiocarbonyl (C=S) groups is 1. The van der Waals surface area contributed by atoms with Crippen molar-refractivity contribution in [2.75, 3.05) is 11.5 Å². The zero-order valence-electron chi connectivity index (χ0n) is 16.4. The van der Waals surface area contributed by atoms with Crippen LogP contribution in [0.25, 0.3) is 17.4 Å². The second-order valence-corrected chi connectivity index (χ2v) is 8.23. The molecule has 1 aliphatic rings. The predicted molar refractivity (Wildman–Crippen MR) is 131 cm³/mol. The molecule has 156 valence electrons. The van der Waals surface area contributed by atoms with Gasteiger partial charge in [-0.05, 0) is 84.2 Å². The van der Waals surface area contributed by atoms with Gasteiger partial charge in [-0.1, -0.05) is 18.2 Å². The minimum atomic E-state index is -0.570. The van der Waals surface area contributed by atoms with E-state index in [0.29, 0.717) is 29.6 Å². The standard InChI is InChI=1S/C23H17IN2O4S/c1-2-29-17-5-3-4-16(12-17)26-22(28)19(21(27)25-23(26)31)13-18-10-11-20(30-18)14-6-8-15(24)9-7-14/h3-13H,2H2,1H3,(H,25,27,31)/b19-13+. The van der Waals surface area contributed by atoms with Crippen LogP contribution in [0.15, 0.2) is 70.7 Å². The van der Waals surface area contributed by atoms with Gasteiger partial charge in [0.05, 0.1) is 12.3 Å². The van der Waals surface area contributed by atoms with Crippen LogP contribution in [-0.2, 0) is 9.59 Å². The predicted octanol–water partition coefficient (Wildman–Crippen LogP) is 4.78. The van der Waals surface area contributed by atoms with Crippen molar-refractivity contribution in [1.29, 1.82) is 0 Å². The number of nitrogens with one attached hydrogen (secondary N) is 1. The molecule has 3 aromatic rings. The summed E-state index contributed by atoms with van der Waals surface area (Å²) in [5.41, 5.74) is 1.34. The van der Waals surface area contributed by atoms with Gasteiger partial charge in [0.15, 0.2) is 5.11 Å². The van der Waals surface area contributed by atoms with Gasteiger partial charge in [0.25, 0.3) is 11.8 Å². The second-order valence-electron chi connectivity index (χ2n) is 6.60. The lowest BCUT2D eigenvalue weighted by Gasteiger charge is -2.29. The van der Waals surface area contributed by atoms with E-state index >= 15 is 0 Å². The Bertz CT molecular complexity index is 1200. The molecule has 1 saturated heterocycles. The molecule has 0 saturated carbocycles. The van der Waals surface area contributed by atoms with Crippen LogP contribution in [0.2, 0.25) is 0 Å². The maximum absolute atomic E-state index is 13.2. The Morgan fingerprint density at radius 3 is 2.65 bits per heavy atom. The molecule has 1 aromatic heterocycles. The SMILES string of the molecule is CCOc1cccc(N2C(=O)/C(=C/c3ccc(-c4ccc(I)cc4)o3)C(=O)NC2=S)c1. The average Bonchev–Trinajstić information content (AvgIpc) is 3.21. The molecular weight excluding hydrogens is 527 g/mol. The number of furan rings is 1. The molecule has 1 N–H and O–H groups in total. The third-order valence-corrected chi connectivity index (χ3v) is 5.53. The molecule has 0 bridgehead atoms. The number of carbonyl (C=O) groups excluding carboxylic acids is 2. The third-order valence-electron chi connectivity index (χ3n) is 4.53. The fourth-order valence-electron chi connectivity index (χ4n) is 3.11. The largest absolute Gasteiger partial charge is 0.494 e. The van der Waals surface area contributed by atoms with E-state index in [1.165, 1.54) is 11.0 Å². The highest BCUT2D eigenvalue weighted by atomic mass is 127. The molecule has 2 amide bonds. The first-order chi connectivity index (χ1) is 15.0. The van der Waals surface area contributed by atoms with Gasteiger partial charge in [-0.15, -0.1) is 0 Å². The summed E-state index contributed by atoms with van der Waals surface area (Å²) in [5.74, 6) is 0.534. The summed E-state index contributed by atoms with van der Waals surface area (Å²) in [6.07, 6.45) is 1.43. The van der Waals surface area contributed by atoms with Crippen molar-refractivity contribution in [3.63, 3.8) is 0 Å². The van der Waals surface area contributed by atoms with E-state index in [-0.39, 0.29) is 10.7 Å². The molecule has 0 spiro atoms. The molecule has 0 aliphatic carbocycles. The van der Waals surface area contributed by atoms with E-state index < -0.39 is 11.8 Å². The molecule has 4 rings (SSSR count). The Kier molecular flexibility index (Phi) is 6.19. The van der Waals surface area contributed by atoms with E-state index in [1.54, 1.807) is 36.4 Å². The smallest absolute Gasteiger partial charge is 0.270 e. The number of hydrogen-bond donors (Lipinski definition) is 1. The van der Waals surface area contributed by atoms with Crippen molar-refractivity contribution >= 4 is 63.5 Å². The number of nitrogens with zero attached hydrogens (tertiary/aromatic N) is 1. The lowest BCUT2D eigenvalue weighted by atomic mass is 10.1. The Hall–Kier alpha value is -2.98. The van der Waals surface area contributed by atoms with Crippen LogP contribution in [-0.4, -0.2) is 23.5 Å². The van der Waals surface area contributed by atoms with Crippen molar-refractivity contribution in [3.05, 3.63) is 75.6 Å². The fourth-order valence-corrected chi connectivity index (χ4v) is 3.75. The number of ether oxygens (including phenoxy) is 1. The Labute approximate surface area is 198 Å². The number of benzene rings is 2. The average molecular weight is 544 g/mol. The van der Waals surface area contributed by atoms with E-state index in [4.69, 9.17) is 21.4 Å². The molecule has 0 radical (unpaired) electrons. The number of amides is 2. The molecule has 2 heterocycles. The zero-order chi connectivity index (χ0) is 22.0. The van der Waals surface area contributed by atoms with Gasteiger partial charge in [-0.2, -0.15) is 0 Å². The Morgan fingerprint density at radius 2 is 1.90 bits per heavy atom. The van der Waals surface area contributed by atoms with Gasteiger partial charge in [0.1, 0.15) is 22.8 Å². The molecule has 0 atom stereocenters. The first kappa shape index (κ1) is 21.3. The Balaban J connectivity index is 1.65. The van der Waals surface area contributed by atoms with Gasteiger partial charge in [-0.25, -0.2) is 0 Å². The molecule has 2 aromatic carbocycles. The molecule has 1 fully saturated rings. The van der Waals surface area contributed by atoms with Crippen molar-refractivity contribution in [3.8, 4) is 17.1 Å². The van der Waals surface area contributed by atoms with E-state index in [9.17, 15) is 9.59 Å². The molecule has 6 nitrogen and oxygen atoms in total. The lowest BCUT2D eigenvalue weighted by molar-refractivity contribution is -0.122. The van der Waals surface area contributed by atoms with Crippen molar-refractivity contribution in [2.24, 2.45) is 0 Å². The number of halogens is 1. The van der Waals surface area contributed by atoms with Gasteiger partial charge in [0, 0.05) is 15.2 Å². The van der Waals surface area contributed by atoms with Gasteiger partial charge in [-0.3, -0.25) is 19.8 Å². The quantitative estimate of drug-likeness (QED) is 0.217. The summed E-state index contributed by atoms with van der Waals surface area (Å²) in [4.78, 5) is 26.9. The van der Waals surface area contributed by atoms with Gasteiger partial charge in [0.2, 0.25) is 0 Å². The van der Waals surface area contributed by atoms with Crippen LogP contribution in [0.3, 0.4) is 0 Å². The van der Waals surface area contributed by atoms with Gasteiger partial charge < -0.3 is 9.15 Å². The fraction of sp³-hybridized carbons (Fsp3) is 0.0870. The van der Waals surface area contributed by atoms with Crippen LogP contribution in [0.1, 0.15) is 12.7 Å². The summed E-state index contributed by atoms with van der Waals surface area (Å²) in [5, 5.41) is 2.58. The van der Waals surface area contributed by atoms with E-state index in [2.05, 4.69) is 27.9 Å². The highest BCUT2D eigenvalue weighted by molar-refractivity contribution is 14.1. The summed E-state index contributed by atoms with van der Waals surface area (Å²) in [6.45, 7) is 2.36. The molecule has 1 aliphatic heterocycles. The molecule has 31 heavy (non-hydrogen) atoms. The third kappa shape index (κ3) is 4.54. The summed E-state index contributed by atoms with van der Waals surface area (Å²) in [7, 11) is 0. The van der Waals surface area contributed by atoms with Crippen LogP contribution in [0, 0.1) is 3.57 Å². The minimum absolute atomic E-state index is 0.0137. The van der Waals surface area contributed by atoms with Crippen molar-refractivity contribution < 1.29 is 18.7 Å². The van der Waals surface area contributed by atoms with Crippen LogP contribution < -0.4 is 15.0 Å².